The van der Waals surface area contributed by atoms with E-state index in [1.807, 2.05) is 0 Å². The molecule has 4 rings (SSSR count). The average molecular weight is 535 g/mol. The fraction of sp³-hybridized carbons (Fsp3) is 0.240. The zero-order chi connectivity index (χ0) is 26.9. The summed E-state index contributed by atoms with van der Waals surface area (Å²) in [6.45, 7) is 5.75. The molecule has 1 aromatic heterocycles. The predicted molar refractivity (Wildman–Crippen MR) is 130 cm³/mol. The minimum atomic E-state index is -4.64. The first-order valence-electron chi connectivity index (χ1n) is 11.0. The quantitative estimate of drug-likeness (QED) is 0.450. The van der Waals surface area contributed by atoms with Gasteiger partial charge in [0, 0.05) is 25.0 Å². The summed E-state index contributed by atoms with van der Waals surface area (Å²) in [7, 11) is 1.51. The van der Waals surface area contributed by atoms with Crippen LogP contribution in [0.3, 0.4) is 0 Å². The van der Waals surface area contributed by atoms with Gasteiger partial charge in [-0.25, -0.2) is 4.79 Å². The fourth-order valence-corrected chi connectivity index (χ4v) is 4.05. The first-order chi connectivity index (χ1) is 17.5. The summed E-state index contributed by atoms with van der Waals surface area (Å²) in [5.41, 5.74) is -0.184. The van der Waals surface area contributed by atoms with Gasteiger partial charge in [0.25, 0.3) is 5.91 Å². The number of aromatic nitrogens is 1. The van der Waals surface area contributed by atoms with Gasteiger partial charge in [0.15, 0.2) is 0 Å². The molecule has 2 fully saturated rings. The van der Waals surface area contributed by atoms with E-state index in [1.54, 1.807) is 25.1 Å². The second-order valence-electron chi connectivity index (χ2n) is 8.32. The molecule has 1 aliphatic heterocycles. The number of amides is 3. The molecule has 37 heavy (non-hydrogen) atoms. The highest BCUT2D eigenvalue weighted by Gasteiger charge is 2.60. The maximum Gasteiger partial charge on any atom is 0.417 e. The van der Waals surface area contributed by atoms with Crippen molar-refractivity contribution in [3.8, 4) is 5.75 Å². The molecule has 1 saturated carbocycles. The number of benzene rings is 1. The minimum absolute atomic E-state index is 0.0439. The Morgan fingerprint density at radius 2 is 2.00 bits per heavy atom. The Kier molecular flexibility index (Phi) is 7.17. The van der Waals surface area contributed by atoms with Gasteiger partial charge in [-0.2, -0.15) is 13.2 Å². The van der Waals surface area contributed by atoms with E-state index in [-0.39, 0.29) is 35.4 Å². The standard InChI is InChI=1S/C25H22ClF3N4O4/c1-12(36-15-8-9-31-18(11-15)23(34)30-3)4-7-19-13(2)20-21(22(20)37-19)33-24(35)32-14-5-6-17(26)16(10-14)25(27,28)29/h4-11,20-22H,2H2,1,3H3,(H,30,34)(H2,32,33,35)/b12-4+,19-7+/t20-,21-,22-/m0/s1. The Hall–Kier alpha value is -3.99. The summed E-state index contributed by atoms with van der Waals surface area (Å²) in [4.78, 5) is 28.0. The molecule has 0 radical (unpaired) electrons. The van der Waals surface area contributed by atoms with Gasteiger partial charge in [0.1, 0.15) is 29.1 Å². The maximum atomic E-state index is 13.0. The Balaban J connectivity index is 1.31. The number of ether oxygens (including phenoxy) is 2. The average Bonchev–Trinajstić information content (AvgIpc) is 3.40. The van der Waals surface area contributed by atoms with Crippen molar-refractivity contribution < 1.29 is 32.2 Å². The third-order valence-electron chi connectivity index (χ3n) is 5.70. The molecule has 2 aromatic rings. The van der Waals surface area contributed by atoms with Crippen LogP contribution in [0, 0.1) is 5.92 Å². The van der Waals surface area contributed by atoms with Gasteiger partial charge in [-0.05, 0) is 48.9 Å². The highest BCUT2D eigenvalue weighted by Crippen LogP contribution is 2.50. The Bertz CT molecular complexity index is 1330. The molecule has 0 spiro atoms. The van der Waals surface area contributed by atoms with Crippen LogP contribution in [0.4, 0.5) is 23.7 Å². The van der Waals surface area contributed by atoms with E-state index >= 15 is 0 Å². The van der Waals surface area contributed by atoms with Gasteiger partial charge in [-0.1, -0.05) is 18.2 Å². The summed E-state index contributed by atoms with van der Waals surface area (Å²) in [6.07, 6.45) is -0.136. The molecular formula is C25H22ClF3N4O4. The number of nitrogens with zero attached hydrogens (tertiary/aromatic N) is 1. The van der Waals surface area contributed by atoms with Gasteiger partial charge in [0.05, 0.1) is 22.5 Å². The molecule has 2 heterocycles. The third-order valence-corrected chi connectivity index (χ3v) is 6.03. The van der Waals surface area contributed by atoms with Crippen LogP contribution in [0.1, 0.15) is 23.0 Å². The van der Waals surface area contributed by atoms with E-state index in [9.17, 15) is 22.8 Å². The van der Waals surface area contributed by atoms with Crippen LogP contribution in [0.5, 0.6) is 5.75 Å². The molecule has 2 aliphatic rings. The van der Waals surface area contributed by atoms with Crippen LogP contribution in [0.25, 0.3) is 0 Å². The van der Waals surface area contributed by atoms with Crippen LogP contribution < -0.4 is 20.7 Å². The molecule has 12 heteroatoms. The molecular weight excluding hydrogens is 513 g/mol. The van der Waals surface area contributed by atoms with E-state index < -0.39 is 22.8 Å². The highest BCUT2D eigenvalue weighted by molar-refractivity contribution is 6.31. The van der Waals surface area contributed by atoms with Crippen molar-refractivity contribution in [1.82, 2.24) is 15.6 Å². The number of anilines is 1. The van der Waals surface area contributed by atoms with Crippen molar-refractivity contribution in [3.63, 3.8) is 0 Å². The van der Waals surface area contributed by atoms with Crippen LogP contribution in [-0.4, -0.2) is 36.1 Å². The van der Waals surface area contributed by atoms with Crippen molar-refractivity contribution in [3.05, 3.63) is 88.6 Å². The number of halogens is 4. The number of alkyl halides is 3. The lowest BCUT2D eigenvalue weighted by atomic mass is 10.1. The maximum absolute atomic E-state index is 13.0. The molecule has 1 saturated heterocycles. The number of hydrogen-bond donors (Lipinski definition) is 3. The number of allylic oxidation sites excluding steroid dienone is 4. The Morgan fingerprint density at radius 1 is 1.24 bits per heavy atom. The Morgan fingerprint density at radius 3 is 2.65 bits per heavy atom. The number of carbonyl (C=O) groups is 2. The zero-order valence-corrected chi connectivity index (χ0v) is 20.4. The summed E-state index contributed by atoms with van der Waals surface area (Å²) in [5.74, 6) is 1.00. The van der Waals surface area contributed by atoms with Crippen LogP contribution >= 0.6 is 11.6 Å². The summed E-state index contributed by atoms with van der Waals surface area (Å²) >= 11 is 5.61. The summed E-state index contributed by atoms with van der Waals surface area (Å²) in [5, 5.41) is 7.11. The molecule has 8 nitrogen and oxygen atoms in total. The molecule has 0 unspecified atom stereocenters. The lowest BCUT2D eigenvalue weighted by molar-refractivity contribution is -0.137. The van der Waals surface area contributed by atoms with Crippen molar-refractivity contribution in [2.24, 2.45) is 5.92 Å². The third kappa shape index (κ3) is 5.88. The minimum Gasteiger partial charge on any atom is -0.487 e. The first-order valence-corrected chi connectivity index (χ1v) is 11.4. The molecule has 3 amide bonds. The fourth-order valence-electron chi connectivity index (χ4n) is 3.83. The van der Waals surface area contributed by atoms with Crippen molar-refractivity contribution >= 4 is 29.2 Å². The van der Waals surface area contributed by atoms with E-state index in [2.05, 4.69) is 27.5 Å². The SMILES string of the molecule is C=C1/C(=C\C=C(/C)Oc2ccnc(C(=O)NC)c2)O[C@@H]2[C@@H](NC(=O)Nc3ccc(Cl)c(C(F)(F)F)c3)[C@H]12. The normalized spacial score (nSPS) is 21.7. The lowest BCUT2D eigenvalue weighted by Crippen LogP contribution is -2.34. The largest absolute Gasteiger partial charge is 0.487 e. The second-order valence-corrected chi connectivity index (χ2v) is 8.72. The number of nitrogens with one attached hydrogen (secondary N) is 3. The van der Waals surface area contributed by atoms with E-state index in [0.29, 0.717) is 22.8 Å². The molecule has 1 aromatic carbocycles. The van der Waals surface area contributed by atoms with Crippen molar-refractivity contribution in [2.75, 3.05) is 12.4 Å². The summed E-state index contributed by atoms with van der Waals surface area (Å²) in [6, 6.07) is 5.22. The van der Waals surface area contributed by atoms with Crippen molar-refractivity contribution in [1.29, 1.82) is 0 Å². The molecule has 1 aliphatic carbocycles. The Labute approximate surface area is 215 Å². The number of pyridine rings is 1. The lowest BCUT2D eigenvalue weighted by Gasteiger charge is -2.14. The number of hydrogen-bond acceptors (Lipinski definition) is 5. The number of fused-ring (bicyclic) bond motifs is 1. The zero-order valence-electron chi connectivity index (χ0n) is 19.7. The van der Waals surface area contributed by atoms with Gasteiger partial charge < -0.3 is 25.4 Å². The van der Waals surface area contributed by atoms with E-state index in [4.69, 9.17) is 21.1 Å². The van der Waals surface area contributed by atoms with Gasteiger partial charge in [-0.15, -0.1) is 0 Å². The number of urea groups is 1. The topological polar surface area (TPSA) is 102 Å². The smallest absolute Gasteiger partial charge is 0.417 e. The van der Waals surface area contributed by atoms with Crippen LogP contribution in [0.15, 0.2) is 72.4 Å². The molecule has 194 valence electrons. The molecule has 0 bridgehead atoms. The van der Waals surface area contributed by atoms with Gasteiger partial charge >= 0.3 is 12.2 Å². The molecule has 3 N–H and O–H groups in total. The van der Waals surface area contributed by atoms with E-state index in [1.165, 1.54) is 25.4 Å². The first kappa shape index (κ1) is 26.1. The van der Waals surface area contributed by atoms with Gasteiger partial charge in [0.2, 0.25) is 0 Å². The second kappa shape index (κ2) is 10.2. The predicted octanol–water partition coefficient (Wildman–Crippen LogP) is 5.06. The van der Waals surface area contributed by atoms with E-state index in [0.717, 1.165) is 12.1 Å². The monoisotopic (exact) mass is 534 g/mol. The number of carbonyl (C=O) groups excluding carboxylic acids is 2. The van der Waals surface area contributed by atoms with Crippen LogP contribution in [-0.2, 0) is 10.9 Å². The number of rotatable bonds is 6. The summed E-state index contributed by atoms with van der Waals surface area (Å²) < 4.78 is 50.7. The van der Waals surface area contributed by atoms with Gasteiger partial charge in [-0.3, -0.25) is 9.78 Å². The highest BCUT2D eigenvalue weighted by atomic mass is 35.5. The molecule has 3 atom stereocenters. The van der Waals surface area contributed by atoms with Crippen molar-refractivity contribution in [2.45, 2.75) is 25.2 Å². The van der Waals surface area contributed by atoms with Crippen LogP contribution in [0.2, 0.25) is 5.02 Å².